The molecular weight excluding hydrogens is 602 g/mol. The van der Waals surface area contributed by atoms with Crippen LogP contribution in [0.1, 0.15) is 24.0 Å². The lowest BCUT2D eigenvalue weighted by atomic mass is 9.91. The normalized spacial score (nSPS) is 17.5. The van der Waals surface area contributed by atoms with E-state index in [0.29, 0.717) is 43.9 Å². The molecule has 2 atom stereocenters. The van der Waals surface area contributed by atoms with Gasteiger partial charge in [0.05, 0.1) is 7.11 Å². The first-order valence-electron chi connectivity index (χ1n) is 15.9. The van der Waals surface area contributed by atoms with Crippen LogP contribution in [0.4, 0.5) is 10.5 Å². The van der Waals surface area contributed by atoms with Gasteiger partial charge in [0.1, 0.15) is 23.6 Å². The molecule has 0 unspecified atom stereocenters. The molecule has 1 aromatic heterocycles. The third-order valence-electron chi connectivity index (χ3n) is 8.96. The van der Waals surface area contributed by atoms with Gasteiger partial charge < -0.3 is 34.5 Å². The predicted molar refractivity (Wildman–Crippen MR) is 182 cm³/mol. The highest BCUT2D eigenvalue weighted by Gasteiger charge is 2.35. The van der Waals surface area contributed by atoms with Crippen molar-refractivity contribution >= 4 is 40.1 Å². The number of fused-ring (bicyclic) bond motifs is 2. The van der Waals surface area contributed by atoms with Gasteiger partial charge >= 0.3 is 6.03 Å². The quantitative estimate of drug-likeness (QED) is 0.242. The number of halogens is 1. The Morgan fingerprint density at radius 3 is 2.52 bits per heavy atom. The Labute approximate surface area is 275 Å². The fourth-order valence-corrected chi connectivity index (χ4v) is 6.93. The maximum Gasteiger partial charge on any atom is 0.318 e. The van der Waals surface area contributed by atoms with E-state index in [1.165, 1.54) is 0 Å². The Kier molecular flexibility index (Phi) is 9.70. The summed E-state index contributed by atoms with van der Waals surface area (Å²) in [7, 11) is 5.73. The molecule has 0 aliphatic carbocycles. The first kappa shape index (κ1) is 31.8. The molecule has 2 aliphatic rings. The van der Waals surface area contributed by atoms with Gasteiger partial charge in [-0.05, 0) is 86.1 Å². The summed E-state index contributed by atoms with van der Waals surface area (Å²) in [6, 6.07) is 20.3. The summed E-state index contributed by atoms with van der Waals surface area (Å²) in [4.78, 5) is 37.5. The van der Waals surface area contributed by atoms with E-state index < -0.39 is 6.04 Å². The SMILES string of the molecule is COc1ccc(OC2CCN(C(=O)N[C@H](Cc3c[nH]c4ccccc34)C(=O)N3C[C@H](CN(C)C)Cc4cc(Cl)ccc43)CC2)cc1. The van der Waals surface area contributed by atoms with Crippen LogP contribution >= 0.6 is 11.6 Å². The summed E-state index contributed by atoms with van der Waals surface area (Å²) < 4.78 is 11.4. The van der Waals surface area contributed by atoms with Crippen molar-refractivity contribution in [2.24, 2.45) is 5.92 Å². The zero-order chi connectivity index (χ0) is 32.2. The number of hydrogen-bond acceptors (Lipinski definition) is 5. The molecule has 9 nitrogen and oxygen atoms in total. The van der Waals surface area contributed by atoms with Gasteiger partial charge in [-0.2, -0.15) is 0 Å². The Bertz CT molecular complexity index is 1660. The molecule has 2 aliphatic heterocycles. The smallest absolute Gasteiger partial charge is 0.318 e. The largest absolute Gasteiger partial charge is 0.497 e. The lowest BCUT2D eigenvalue weighted by Gasteiger charge is -2.38. The monoisotopic (exact) mass is 643 g/mol. The van der Waals surface area contributed by atoms with Crippen molar-refractivity contribution in [1.29, 1.82) is 0 Å². The molecule has 3 aromatic carbocycles. The molecule has 4 aromatic rings. The van der Waals surface area contributed by atoms with E-state index in [2.05, 4.69) is 15.2 Å². The van der Waals surface area contributed by atoms with Crippen molar-refractivity contribution in [2.75, 3.05) is 52.3 Å². The number of methoxy groups -OCH3 is 1. The van der Waals surface area contributed by atoms with Crippen LogP contribution < -0.4 is 19.7 Å². The molecule has 10 heteroatoms. The summed E-state index contributed by atoms with van der Waals surface area (Å²) >= 11 is 6.40. The maximum absolute atomic E-state index is 14.6. The van der Waals surface area contributed by atoms with E-state index >= 15 is 0 Å². The van der Waals surface area contributed by atoms with E-state index in [1.807, 2.05) is 91.9 Å². The number of urea groups is 1. The average molecular weight is 644 g/mol. The standard InChI is InChI=1S/C36H42ClN5O4/c1-40(2)22-24-18-25-19-27(37)8-13-34(25)42(23-24)35(43)33(20-26-21-38-32-7-5-4-6-31(26)32)39-36(44)41-16-14-30(15-17-41)46-29-11-9-28(45-3)10-12-29/h4-13,19,21,24,30,33,38H,14-18,20,22-23H2,1-3H3,(H,39,44)/t24-,33+/m0/s1. The molecule has 0 saturated carbocycles. The molecule has 3 heterocycles. The summed E-state index contributed by atoms with van der Waals surface area (Å²) in [5.74, 6) is 1.67. The second kappa shape index (κ2) is 14.1. The lowest BCUT2D eigenvalue weighted by molar-refractivity contribution is -0.120. The maximum atomic E-state index is 14.6. The molecule has 6 rings (SSSR count). The topological polar surface area (TPSA) is 90.1 Å². The van der Waals surface area contributed by atoms with Gasteiger partial charge in [0.15, 0.2) is 0 Å². The first-order valence-corrected chi connectivity index (χ1v) is 16.3. The van der Waals surface area contributed by atoms with Crippen LogP contribution in [0.5, 0.6) is 11.5 Å². The number of aromatic amines is 1. The van der Waals surface area contributed by atoms with E-state index in [0.717, 1.165) is 52.2 Å². The van der Waals surface area contributed by atoms with Crippen molar-refractivity contribution in [1.82, 2.24) is 20.1 Å². The number of rotatable bonds is 9. The molecule has 1 saturated heterocycles. The van der Waals surface area contributed by atoms with Crippen LogP contribution in [0.2, 0.25) is 5.02 Å². The number of nitrogens with one attached hydrogen (secondary N) is 2. The zero-order valence-corrected chi connectivity index (χ0v) is 27.4. The second-order valence-corrected chi connectivity index (χ2v) is 13.0. The third-order valence-corrected chi connectivity index (χ3v) is 9.19. The fraction of sp³-hybridized carbons (Fsp3) is 0.389. The number of para-hydroxylation sites is 1. The predicted octanol–water partition coefficient (Wildman–Crippen LogP) is 5.76. The Morgan fingerprint density at radius 1 is 1.04 bits per heavy atom. The van der Waals surface area contributed by atoms with E-state index in [9.17, 15) is 9.59 Å². The van der Waals surface area contributed by atoms with Gasteiger partial charge in [-0.25, -0.2) is 4.79 Å². The van der Waals surface area contributed by atoms with Crippen LogP contribution in [0.25, 0.3) is 10.9 Å². The van der Waals surface area contributed by atoms with Gasteiger partial charge in [0.25, 0.3) is 0 Å². The number of anilines is 1. The molecule has 1 fully saturated rings. The average Bonchev–Trinajstić information content (AvgIpc) is 3.46. The summed E-state index contributed by atoms with van der Waals surface area (Å²) in [5, 5.41) is 4.85. The minimum atomic E-state index is -0.762. The molecular formula is C36H42ClN5O4. The van der Waals surface area contributed by atoms with Crippen molar-refractivity contribution in [3.05, 3.63) is 89.1 Å². The highest BCUT2D eigenvalue weighted by Crippen LogP contribution is 2.33. The van der Waals surface area contributed by atoms with Crippen LogP contribution in [0.15, 0.2) is 72.9 Å². The first-order chi connectivity index (χ1) is 22.3. The second-order valence-electron chi connectivity index (χ2n) is 12.6. The van der Waals surface area contributed by atoms with Crippen molar-refractivity contribution in [3.63, 3.8) is 0 Å². The third kappa shape index (κ3) is 7.26. The van der Waals surface area contributed by atoms with Gasteiger partial charge in [-0.15, -0.1) is 0 Å². The van der Waals surface area contributed by atoms with Crippen LogP contribution in [0.3, 0.4) is 0 Å². The molecule has 2 N–H and O–H groups in total. The highest BCUT2D eigenvalue weighted by molar-refractivity contribution is 6.30. The summed E-state index contributed by atoms with van der Waals surface area (Å²) in [6.07, 6.45) is 4.55. The Morgan fingerprint density at radius 2 is 1.78 bits per heavy atom. The molecule has 0 spiro atoms. The van der Waals surface area contributed by atoms with E-state index in [4.69, 9.17) is 21.1 Å². The zero-order valence-electron chi connectivity index (χ0n) is 26.7. The van der Waals surface area contributed by atoms with Gasteiger partial charge in [-0.3, -0.25) is 4.79 Å². The van der Waals surface area contributed by atoms with Crippen LogP contribution in [0, 0.1) is 5.92 Å². The van der Waals surface area contributed by atoms with Gasteiger partial charge in [0.2, 0.25) is 5.91 Å². The van der Waals surface area contributed by atoms with Crippen molar-refractivity contribution in [3.8, 4) is 11.5 Å². The van der Waals surface area contributed by atoms with Gasteiger partial charge in [-0.1, -0.05) is 29.8 Å². The molecule has 46 heavy (non-hydrogen) atoms. The van der Waals surface area contributed by atoms with Crippen LogP contribution in [-0.2, 0) is 17.6 Å². The van der Waals surface area contributed by atoms with E-state index in [-0.39, 0.29) is 24.0 Å². The molecule has 0 radical (unpaired) electrons. The Balaban J connectivity index is 1.20. The lowest BCUT2D eigenvalue weighted by Crippen LogP contribution is -2.56. The number of piperidine rings is 1. The summed E-state index contributed by atoms with van der Waals surface area (Å²) in [5.41, 5.74) is 3.89. The number of hydrogen-bond donors (Lipinski definition) is 2. The number of H-pyrrole nitrogens is 1. The number of aromatic nitrogens is 1. The highest BCUT2D eigenvalue weighted by atomic mass is 35.5. The minimum Gasteiger partial charge on any atom is -0.497 e. The number of benzene rings is 3. The minimum absolute atomic E-state index is 0.00593. The number of amides is 3. The van der Waals surface area contributed by atoms with E-state index in [1.54, 1.807) is 12.0 Å². The van der Waals surface area contributed by atoms with Crippen molar-refractivity contribution < 1.29 is 19.1 Å². The van der Waals surface area contributed by atoms with Crippen LogP contribution in [-0.4, -0.2) is 86.3 Å². The number of nitrogens with zero attached hydrogens (tertiary/aromatic N) is 3. The number of likely N-dealkylation sites (tertiary alicyclic amines) is 1. The molecule has 3 amide bonds. The Hall–Kier alpha value is -4.21. The number of ether oxygens (including phenoxy) is 2. The number of carbonyl (C=O) groups excluding carboxylic acids is 2. The summed E-state index contributed by atoms with van der Waals surface area (Å²) in [6.45, 7) is 2.48. The van der Waals surface area contributed by atoms with Crippen molar-refractivity contribution in [2.45, 2.75) is 37.8 Å². The van der Waals surface area contributed by atoms with Gasteiger partial charge in [0, 0.05) is 73.3 Å². The molecule has 242 valence electrons. The number of carbonyl (C=O) groups is 2. The molecule has 0 bridgehead atoms. The fourth-order valence-electron chi connectivity index (χ4n) is 6.73.